The summed E-state index contributed by atoms with van der Waals surface area (Å²) in [6, 6.07) is 6.34. The smallest absolute Gasteiger partial charge is 0.175 e. The van der Waals surface area contributed by atoms with Gasteiger partial charge in [0.1, 0.15) is 30.1 Å². The van der Waals surface area contributed by atoms with Gasteiger partial charge in [-0.05, 0) is 91.6 Å². The summed E-state index contributed by atoms with van der Waals surface area (Å²) >= 11 is 8.48. The number of thiophene rings is 2. The summed E-state index contributed by atoms with van der Waals surface area (Å²) in [6.45, 7) is 9.01. The molecule has 4 aromatic heterocycles. The molecule has 0 saturated carbocycles. The first kappa shape index (κ1) is 38.2. The molecule has 2 unspecified atom stereocenters. The van der Waals surface area contributed by atoms with Crippen molar-refractivity contribution in [1.82, 2.24) is 17.5 Å². The Morgan fingerprint density at radius 2 is 1.00 bits per heavy atom. The van der Waals surface area contributed by atoms with Crippen LogP contribution in [-0.4, -0.2) is 25.6 Å². The van der Waals surface area contributed by atoms with Crippen LogP contribution in [0.3, 0.4) is 0 Å². The molecule has 1 aliphatic rings. The van der Waals surface area contributed by atoms with Crippen molar-refractivity contribution in [1.29, 1.82) is 0 Å². The normalized spacial score (nSPS) is 14.9. The highest BCUT2D eigenvalue weighted by Crippen LogP contribution is 2.51. The van der Waals surface area contributed by atoms with Crippen LogP contribution in [-0.2, 0) is 0 Å². The van der Waals surface area contributed by atoms with Crippen molar-refractivity contribution in [2.75, 3.05) is 0 Å². The van der Waals surface area contributed by atoms with Gasteiger partial charge in [0.2, 0.25) is 0 Å². The zero-order valence-electron chi connectivity index (χ0n) is 28.6. The van der Waals surface area contributed by atoms with Gasteiger partial charge >= 0.3 is 0 Å². The van der Waals surface area contributed by atoms with E-state index in [-0.39, 0.29) is 18.3 Å². The Bertz CT molecular complexity index is 2090. The van der Waals surface area contributed by atoms with E-state index in [0.29, 0.717) is 43.7 Å². The van der Waals surface area contributed by atoms with Crippen LogP contribution in [0.25, 0.3) is 52.7 Å². The highest BCUT2D eigenvalue weighted by atomic mass is 127. The predicted molar refractivity (Wildman–Crippen MR) is 227 cm³/mol. The summed E-state index contributed by atoms with van der Waals surface area (Å²) < 4.78 is 80.8. The molecule has 6 aromatic rings. The second kappa shape index (κ2) is 15.6. The molecule has 15 heteroatoms. The lowest BCUT2D eigenvalue weighted by atomic mass is 10.0. The van der Waals surface area contributed by atoms with Crippen LogP contribution in [0.1, 0.15) is 79.1 Å². The topological polar surface area (TPSA) is 51.6 Å². The van der Waals surface area contributed by atoms with Crippen molar-refractivity contribution >= 4 is 132 Å². The fraction of sp³-hybridized carbons (Fsp3) is 0.444. The Hall–Kier alpha value is -1.12. The van der Waals surface area contributed by atoms with Crippen LogP contribution in [0.5, 0.6) is 0 Å². The van der Waals surface area contributed by atoms with Crippen molar-refractivity contribution in [2.24, 2.45) is 11.8 Å². The highest BCUT2D eigenvalue weighted by Gasteiger charge is 2.50. The molecule has 1 aliphatic heterocycles. The minimum atomic E-state index is -2.63. The molecule has 5 heterocycles. The fourth-order valence-electron chi connectivity index (χ4n) is 7.89. The molecule has 2 aromatic carbocycles. The SMILES string of the molecule is CCCCC(CC)C[Si]1(CC(CC)CCCC)c2cc(-c3c(F)c(F)c(I)c4nsnc34)sc2-c2sc(-c3c(F)c(F)c(I)c4nsnc34)cc21. The van der Waals surface area contributed by atoms with Gasteiger partial charge in [0.05, 0.1) is 41.7 Å². The molecule has 4 nitrogen and oxygen atoms in total. The largest absolute Gasteiger partial charge is 0.203 e. The molecule has 270 valence electrons. The molecular formula is C36H36F4I2N4S4Si. The maximum Gasteiger partial charge on any atom is 0.175 e. The predicted octanol–water partition coefficient (Wildman–Crippen LogP) is 12.9. The van der Waals surface area contributed by atoms with E-state index in [1.54, 1.807) is 0 Å². The van der Waals surface area contributed by atoms with Crippen molar-refractivity contribution in [3.8, 4) is 30.6 Å². The van der Waals surface area contributed by atoms with Gasteiger partial charge in [-0.3, -0.25) is 0 Å². The number of hydrogen-bond acceptors (Lipinski definition) is 8. The van der Waals surface area contributed by atoms with Gasteiger partial charge in [-0.1, -0.05) is 79.1 Å². The molecule has 0 amide bonds. The highest BCUT2D eigenvalue weighted by molar-refractivity contribution is 14.1. The van der Waals surface area contributed by atoms with Crippen molar-refractivity contribution in [3.05, 3.63) is 42.5 Å². The Labute approximate surface area is 339 Å². The number of unbranched alkanes of at least 4 members (excludes halogenated alkanes) is 2. The lowest BCUT2D eigenvalue weighted by Gasteiger charge is -2.35. The summed E-state index contributed by atoms with van der Waals surface area (Å²) in [5, 5.41) is 2.54. The fourth-order valence-corrected chi connectivity index (χ4v) is 21.0. The molecule has 0 N–H and O–H groups in total. The lowest BCUT2D eigenvalue weighted by Crippen LogP contribution is -2.56. The van der Waals surface area contributed by atoms with Crippen LogP contribution in [0.15, 0.2) is 12.1 Å². The quantitative estimate of drug-likeness (QED) is 0.0472. The minimum absolute atomic E-state index is 0.133. The van der Waals surface area contributed by atoms with Crippen LogP contribution in [0, 0.1) is 42.2 Å². The molecule has 0 aliphatic carbocycles. The average molecular weight is 1010 g/mol. The van der Waals surface area contributed by atoms with Gasteiger partial charge in [0, 0.05) is 19.5 Å². The van der Waals surface area contributed by atoms with Gasteiger partial charge in [-0.25, -0.2) is 17.6 Å². The van der Waals surface area contributed by atoms with E-state index in [4.69, 9.17) is 0 Å². The van der Waals surface area contributed by atoms with Crippen LogP contribution >= 0.6 is 91.3 Å². The molecule has 0 saturated heterocycles. The number of aromatic nitrogens is 4. The summed E-state index contributed by atoms with van der Waals surface area (Å²) in [7, 11) is -2.63. The zero-order valence-corrected chi connectivity index (χ0v) is 37.2. The molecule has 2 atom stereocenters. The van der Waals surface area contributed by atoms with Crippen molar-refractivity contribution in [3.63, 3.8) is 0 Å². The summed E-state index contributed by atoms with van der Waals surface area (Å²) in [5.74, 6) is -2.66. The Balaban J connectivity index is 1.51. The molecule has 51 heavy (non-hydrogen) atoms. The molecular weight excluding hydrogens is 975 g/mol. The van der Waals surface area contributed by atoms with Gasteiger partial charge in [-0.2, -0.15) is 17.5 Å². The lowest BCUT2D eigenvalue weighted by molar-refractivity contribution is 0.469. The number of fused-ring (bicyclic) bond motifs is 5. The van der Waals surface area contributed by atoms with Gasteiger partial charge < -0.3 is 0 Å². The van der Waals surface area contributed by atoms with Crippen LogP contribution in [0.2, 0.25) is 12.1 Å². The monoisotopic (exact) mass is 1010 g/mol. The summed E-state index contributed by atoms with van der Waals surface area (Å²) in [4.78, 5) is 3.38. The van der Waals surface area contributed by atoms with Gasteiger partial charge in [0.25, 0.3) is 0 Å². The summed E-state index contributed by atoms with van der Waals surface area (Å²) in [5.41, 5.74) is 1.82. The van der Waals surface area contributed by atoms with Gasteiger partial charge in [0.15, 0.2) is 23.3 Å². The zero-order chi connectivity index (χ0) is 36.2. The van der Waals surface area contributed by atoms with Crippen molar-refractivity contribution in [2.45, 2.75) is 91.1 Å². The molecule has 0 fully saturated rings. The molecule has 0 bridgehead atoms. The van der Waals surface area contributed by atoms with E-state index in [1.807, 2.05) is 45.2 Å². The summed E-state index contributed by atoms with van der Waals surface area (Å²) in [6.07, 6.45) is 8.85. The third-order valence-electron chi connectivity index (χ3n) is 10.6. The molecule has 7 rings (SSSR count). The second-order valence-electron chi connectivity index (χ2n) is 13.6. The number of hydrogen-bond donors (Lipinski definition) is 0. The Morgan fingerprint density at radius 1 is 0.608 bits per heavy atom. The van der Waals surface area contributed by atoms with E-state index in [9.17, 15) is 0 Å². The van der Waals surface area contributed by atoms with E-state index >= 15 is 17.6 Å². The van der Waals surface area contributed by atoms with E-state index < -0.39 is 31.3 Å². The standard InChI is InChI=1S/C36H36F4I2N4S4Si/c1-5-9-11-17(7-3)15-51(16-18(8-4)12-10-6-2)21-13-19(23-25(37)27(39)29(41)33-31(23)43-49-45-33)47-35(21)36-22(51)14-20(48-36)24-26(38)28(40)30(42)34-32(24)44-50-46-34/h13-14,17-18H,5-12,15-16H2,1-4H3. The van der Waals surface area contributed by atoms with Gasteiger partial charge in [-0.15, -0.1) is 22.7 Å². The minimum Gasteiger partial charge on any atom is -0.203 e. The number of nitrogens with zero attached hydrogens (tertiary/aromatic N) is 4. The maximum atomic E-state index is 16.1. The Morgan fingerprint density at radius 3 is 1.37 bits per heavy atom. The average Bonchev–Trinajstić information content (AvgIpc) is 3.97. The number of halogens is 6. The first-order valence-electron chi connectivity index (χ1n) is 17.5. The molecule has 0 spiro atoms. The molecule has 0 radical (unpaired) electrons. The number of rotatable bonds is 14. The van der Waals surface area contributed by atoms with E-state index in [1.165, 1.54) is 33.0 Å². The third-order valence-corrected chi connectivity index (χ3v) is 21.9. The maximum absolute atomic E-state index is 16.1. The Kier molecular flexibility index (Phi) is 11.6. The third kappa shape index (κ3) is 6.47. The second-order valence-corrected chi connectivity index (χ2v) is 23.0. The van der Waals surface area contributed by atoms with Crippen LogP contribution < -0.4 is 10.4 Å². The van der Waals surface area contributed by atoms with E-state index in [0.717, 1.165) is 96.7 Å². The number of benzene rings is 2. The first-order chi connectivity index (χ1) is 24.6. The first-order valence-corrected chi connectivity index (χ1v) is 25.1. The van der Waals surface area contributed by atoms with E-state index in [2.05, 4.69) is 57.3 Å². The van der Waals surface area contributed by atoms with Crippen molar-refractivity contribution < 1.29 is 17.6 Å². The van der Waals surface area contributed by atoms with Crippen LogP contribution in [0.4, 0.5) is 17.6 Å².